The number of benzene rings is 2. The fourth-order valence-electron chi connectivity index (χ4n) is 2.69. The van der Waals surface area contributed by atoms with E-state index in [-0.39, 0.29) is 11.8 Å². The largest absolute Gasteiger partial charge is 0.486 e. The van der Waals surface area contributed by atoms with Gasteiger partial charge in [0, 0.05) is 31.2 Å². The smallest absolute Gasteiger partial charge is 0.257 e. The van der Waals surface area contributed by atoms with Gasteiger partial charge in [-0.2, -0.15) is 0 Å². The number of ether oxygens (including phenoxy) is 2. The van der Waals surface area contributed by atoms with Crippen molar-refractivity contribution in [2.75, 3.05) is 18.5 Å². The lowest BCUT2D eigenvalue weighted by molar-refractivity contribution is -0.119. The first-order valence-electron chi connectivity index (χ1n) is 8.43. The second kappa shape index (κ2) is 7.24. The van der Waals surface area contributed by atoms with Crippen molar-refractivity contribution in [3.05, 3.63) is 47.5 Å². The van der Waals surface area contributed by atoms with E-state index in [9.17, 15) is 9.59 Å². The Labute approximate surface area is 159 Å². The van der Waals surface area contributed by atoms with E-state index < -0.39 is 0 Å². The van der Waals surface area contributed by atoms with Gasteiger partial charge in [0.2, 0.25) is 5.91 Å². The first-order valence-corrected chi connectivity index (χ1v) is 9.25. The average molecular weight is 383 g/mol. The zero-order valence-electron chi connectivity index (χ0n) is 14.6. The number of aromatic nitrogens is 1. The predicted octanol–water partition coefficient (Wildman–Crippen LogP) is 2.96. The Hall–Kier alpha value is -3.13. The van der Waals surface area contributed by atoms with E-state index in [0.717, 1.165) is 15.8 Å². The van der Waals surface area contributed by atoms with Crippen LogP contribution in [0.1, 0.15) is 22.8 Å². The van der Waals surface area contributed by atoms with Crippen molar-refractivity contribution in [2.24, 2.45) is 0 Å². The molecule has 0 radical (unpaired) electrons. The van der Waals surface area contributed by atoms with Gasteiger partial charge < -0.3 is 14.8 Å². The SMILES string of the molecule is CC(=O)NCc1ccc(C(=O)Nc2nc3cc4c(cc3s2)OCCO4)cc1. The number of nitrogens with one attached hydrogen (secondary N) is 2. The summed E-state index contributed by atoms with van der Waals surface area (Å²) in [6.07, 6.45) is 0. The summed E-state index contributed by atoms with van der Waals surface area (Å²) in [5.41, 5.74) is 2.20. The number of fused-ring (bicyclic) bond motifs is 2. The Morgan fingerprint density at radius 1 is 1.11 bits per heavy atom. The van der Waals surface area contributed by atoms with Crippen LogP contribution in [-0.4, -0.2) is 30.0 Å². The van der Waals surface area contributed by atoms with Crippen LogP contribution in [0.3, 0.4) is 0 Å². The van der Waals surface area contributed by atoms with Crippen molar-refractivity contribution in [2.45, 2.75) is 13.5 Å². The molecule has 2 amide bonds. The summed E-state index contributed by atoms with van der Waals surface area (Å²) in [6, 6.07) is 10.8. The third-order valence-electron chi connectivity index (χ3n) is 4.03. The molecule has 0 atom stereocenters. The number of amides is 2. The molecule has 0 saturated heterocycles. The fraction of sp³-hybridized carbons (Fsp3) is 0.211. The van der Waals surface area contributed by atoms with Gasteiger partial charge in [0.25, 0.3) is 5.91 Å². The van der Waals surface area contributed by atoms with Crippen LogP contribution >= 0.6 is 11.3 Å². The van der Waals surface area contributed by atoms with Crippen LogP contribution in [-0.2, 0) is 11.3 Å². The van der Waals surface area contributed by atoms with E-state index in [4.69, 9.17) is 9.47 Å². The van der Waals surface area contributed by atoms with Gasteiger partial charge in [0.15, 0.2) is 16.6 Å². The molecular formula is C19H17N3O4S. The molecule has 1 aliphatic rings. The molecule has 1 aliphatic heterocycles. The Morgan fingerprint density at radius 2 is 1.81 bits per heavy atom. The molecule has 0 bridgehead atoms. The summed E-state index contributed by atoms with van der Waals surface area (Å²) < 4.78 is 12.1. The lowest BCUT2D eigenvalue weighted by Crippen LogP contribution is -2.19. The van der Waals surface area contributed by atoms with Crippen LogP contribution in [0.5, 0.6) is 11.5 Å². The molecule has 1 aromatic heterocycles. The normalized spacial score (nSPS) is 12.6. The van der Waals surface area contributed by atoms with E-state index in [2.05, 4.69) is 15.6 Å². The molecule has 4 rings (SSSR count). The number of rotatable bonds is 4. The Kier molecular flexibility index (Phi) is 4.64. The van der Waals surface area contributed by atoms with E-state index >= 15 is 0 Å². The minimum Gasteiger partial charge on any atom is -0.486 e. The van der Waals surface area contributed by atoms with Gasteiger partial charge in [-0.05, 0) is 17.7 Å². The molecule has 0 unspecified atom stereocenters. The minimum absolute atomic E-state index is 0.0925. The van der Waals surface area contributed by atoms with E-state index in [0.29, 0.717) is 42.0 Å². The zero-order valence-corrected chi connectivity index (χ0v) is 15.4. The van der Waals surface area contributed by atoms with Crippen molar-refractivity contribution in [1.29, 1.82) is 0 Å². The van der Waals surface area contributed by atoms with E-state index in [1.165, 1.54) is 18.3 Å². The summed E-state index contributed by atoms with van der Waals surface area (Å²) >= 11 is 1.38. The van der Waals surface area contributed by atoms with Crippen molar-refractivity contribution < 1.29 is 19.1 Å². The molecule has 0 fully saturated rings. The maximum atomic E-state index is 12.5. The monoisotopic (exact) mass is 383 g/mol. The highest BCUT2D eigenvalue weighted by Crippen LogP contribution is 2.37. The van der Waals surface area contributed by atoms with Gasteiger partial charge in [-0.25, -0.2) is 4.98 Å². The Bertz CT molecular complexity index is 971. The highest BCUT2D eigenvalue weighted by Gasteiger charge is 2.16. The minimum atomic E-state index is -0.239. The molecular weight excluding hydrogens is 366 g/mol. The molecule has 27 heavy (non-hydrogen) atoms. The van der Waals surface area contributed by atoms with Gasteiger partial charge in [-0.3, -0.25) is 14.9 Å². The van der Waals surface area contributed by atoms with E-state index in [1.807, 2.05) is 24.3 Å². The lowest BCUT2D eigenvalue weighted by atomic mass is 10.1. The van der Waals surface area contributed by atoms with Crippen LogP contribution in [0.25, 0.3) is 10.2 Å². The van der Waals surface area contributed by atoms with E-state index in [1.54, 1.807) is 12.1 Å². The van der Waals surface area contributed by atoms with Crippen molar-refractivity contribution in [3.8, 4) is 11.5 Å². The Morgan fingerprint density at radius 3 is 2.52 bits per heavy atom. The Balaban J connectivity index is 1.48. The maximum absolute atomic E-state index is 12.5. The standard InChI is InChI=1S/C19H17N3O4S/c1-11(23)20-10-12-2-4-13(5-3-12)18(24)22-19-21-14-8-15-16(9-17(14)27-19)26-7-6-25-15/h2-5,8-9H,6-7,10H2,1H3,(H,20,23)(H,21,22,24). The van der Waals surface area contributed by atoms with Crippen LogP contribution < -0.4 is 20.1 Å². The van der Waals surface area contributed by atoms with Gasteiger partial charge in [0.1, 0.15) is 13.2 Å². The molecule has 3 aromatic rings. The number of carbonyl (C=O) groups excluding carboxylic acids is 2. The van der Waals surface area contributed by atoms with Crippen LogP contribution in [0.2, 0.25) is 0 Å². The molecule has 138 valence electrons. The maximum Gasteiger partial charge on any atom is 0.257 e. The van der Waals surface area contributed by atoms with Crippen LogP contribution in [0.15, 0.2) is 36.4 Å². The second-order valence-corrected chi connectivity index (χ2v) is 7.07. The first-order chi connectivity index (χ1) is 13.1. The van der Waals surface area contributed by atoms with Crippen molar-refractivity contribution in [3.63, 3.8) is 0 Å². The predicted molar refractivity (Wildman–Crippen MR) is 103 cm³/mol. The van der Waals surface area contributed by atoms with Crippen LogP contribution in [0.4, 0.5) is 5.13 Å². The summed E-state index contributed by atoms with van der Waals surface area (Å²) in [6.45, 7) is 2.95. The van der Waals surface area contributed by atoms with Gasteiger partial charge >= 0.3 is 0 Å². The number of hydrogen-bond donors (Lipinski definition) is 2. The molecule has 0 spiro atoms. The third kappa shape index (κ3) is 3.85. The quantitative estimate of drug-likeness (QED) is 0.723. The van der Waals surface area contributed by atoms with Gasteiger partial charge in [0.05, 0.1) is 10.2 Å². The molecule has 2 heterocycles. The second-order valence-electron chi connectivity index (χ2n) is 6.04. The molecule has 0 saturated carbocycles. The van der Waals surface area contributed by atoms with Crippen molar-refractivity contribution >= 4 is 38.5 Å². The number of carbonyl (C=O) groups is 2. The lowest BCUT2D eigenvalue weighted by Gasteiger charge is -2.17. The average Bonchev–Trinajstić information content (AvgIpc) is 3.05. The molecule has 2 N–H and O–H groups in total. The van der Waals surface area contributed by atoms with Gasteiger partial charge in [-0.15, -0.1) is 0 Å². The topological polar surface area (TPSA) is 89.6 Å². The molecule has 0 aliphatic carbocycles. The highest BCUT2D eigenvalue weighted by atomic mass is 32.1. The number of anilines is 1. The fourth-order valence-corrected chi connectivity index (χ4v) is 3.56. The summed E-state index contributed by atoms with van der Waals surface area (Å²) in [5, 5.41) is 6.06. The highest BCUT2D eigenvalue weighted by molar-refractivity contribution is 7.22. The molecule has 8 heteroatoms. The van der Waals surface area contributed by atoms with Crippen LogP contribution in [0, 0.1) is 0 Å². The number of nitrogens with zero attached hydrogens (tertiary/aromatic N) is 1. The van der Waals surface area contributed by atoms with Gasteiger partial charge in [-0.1, -0.05) is 23.5 Å². The van der Waals surface area contributed by atoms with Crippen molar-refractivity contribution in [1.82, 2.24) is 10.3 Å². The summed E-state index contributed by atoms with van der Waals surface area (Å²) in [4.78, 5) is 27.9. The first kappa shape index (κ1) is 17.3. The number of hydrogen-bond acceptors (Lipinski definition) is 6. The summed E-state index contributed by atoms with van der Waals surface area (Å²) in [7, 11) is 0. The third-order valence-corrected chi connectivity index (χ3v) is 4.96. The zero-order chi connectivity index (χ0) is 18.8. The molecule has 7 nitrogen and oxygen atoms in total. The number of thiazole rings is 1. The molecule has 2 aromatic carbocycles. The summed E-state index contributed by atoms with van der Waals surface area (Å²) in [5.74, 6) is 1.04.